The first-order valence-electron chi connectivity index (χ1n) is 10.8. The topological polar surface area (TPSA) is 62.7 Å². The van der Waals surface area contributed by atoms with E-state index < -0.39 is 12.2 Å². The van der Waals surface area contributed by atoms with E-state index in [4.69, 9.17) is 4.99 Å². The van der Waals surface area contributed by atoms with E-state index in [0.29, 0.717) is 5.92 Å². The van der Waals surface area contributed by atoms with Gasteiger partial charge >= 0.3 is 6.03 Å². The summed E-state index contributed by atoms with van der Waals surface area (Å²) in [6.45, 7) is 8.62. The normalized spacial score (nSPS) is 24.7. The van der Waals surface area contributed by atoms with E-state index in [2.05, 4.69) is 52.8 Å². The molecule has 0 aromatic heterocycles. The van der Waals surface area contributed by atoms with Crippen LogP contribution in [0.2, 0.25) is 0 Å². The molecular formula is C22H32N6O2. The zero-order valence-corrected chi connectivity index (χ0v) is 18.4. The number of guanidine groups is 1. The molecule has 1 aromatic rings. The fraction of sp³-hybridized carbons (Fsp3) is 0.591. The van der Waals surface area contributed by atoms with Crippen molar-refractivity contribution in [3.05, 3.63) is 30.3 Å². The molecule has 0 spiro atoms. The Morgan fingerprint density at radius 3 is 2.27 bits per heavy atom. The Morgan fingerprint density at radius 1 is 1.00 bits per heavy atom. The van der Waals surface area contributed by atoms with Crippen LogP contribution in [-0.4, -0.2) is 96.5 Å². The van der Waals surface area contributed by atoms with Gasteiger partial charge in [0.2, 0.25) is 0 Å². The van der Waals surface area contributed by atoms with E-state index >= 15 is 0 Å². The first-order valence-corrected chi connectivity index (χ1v) is 10.8. The van der Waals surface area contributed by atoms with Gasteiger partial charge in [-0.25, -0.2) is 9.79 Å². The first kappa shape index (κ1) is 20.5. The molecule has 0 bridgehead atoms. The van der Waals surface area contributed by atoms with Gasteiger partial charge < -0.3 is 19.6 Å². The third-order valence-corrected chi connectivity index (χ3v) is 6.32. The smallest absolute Gasteiger partial charge is 0.328 e. The molecule has 1 aromatic carbocycles. The summed E-state index contributed by atoms with van der Waals surface area (Å²) in [7, 11) is 3.30. The van der Waals surface area contributed by atoms with Crippen LogP contribution in [-0.2, 0) is 4.79 Å². The summed E-state index contributed by atoms with van der Waals surface area (Å²) in [4.78, 5) is 40.0. The van der Waals surface area contributed by atoms with Crippen LogP contribution in [0.25, 0.3) is 0 Å². The summed E-state index contributed by atoms with van der Waals surface area (Å²) in [5.41, 5.74) is 1.23. The number of aliphatic imine (C=N–C) groups is 1. The van der Waals surface area contributed by atoms with Gasteiger partial charge in [0.1, 0.15) is 0 Å². The molecule has 0 radical (unpaired) electrons. The molecular weight excluding hydrogens is 380 g/mol. The number of imide groups is 1. The lowest BCUT2D eigenvalue weighted by Gasteiger charge is -2.42. The second-order valence-corrected chi connectivity index (χ2v) is 8.76. The fourth-order valence-electron chi connectivity index (χ4n) is 4.45. The van der Waals surface area contributed by atoms with Crippen molar-refractivity contribution in [3.8, 4) is 0 Å². The van der Waals surface area contributed by atoms with Gasteiger partial charge in [0.15, 0.2) is 18.2 Å². The van der Waals surface area contributed by atoms with Gasteiger partial charge in [-0.2, -0.15) is 0 Å². The number of nitrogens with zero attached hydrogens (tertiary/aromatic N) is 6. The van der Waals surface area contributed by atoms with Gasteiger partial charge in [0, 0.05) is 52.5 Å². The van der Waals surface area contributed by atoms with Crippen molar-refractivity contribution >= 4 is 23.6 Å². The molecule has 30 heavy (non-hydrogen) atoms. The Labute approximate surface area is 178 Å². The monoisotopic (exact) mass is 412 g/mol. The number of benzene rings is 1. The number of anilines is 1. The van der Waals surface area contributed by atoms with Crippen LogP contribution >= 0.6 is 0 Å². The second kappa shape index (κ2) is 8.16. The number of amides is 3. The summed E-state index contributed by atoms with van der Waals surface area (Å²) >= 11 is 0. The highest BCUT2D eigenvalue weighted by atomic mass is 16.2. The second-order valence-electron chi connectivity index (χ2n) is 8.76. The molecule has 2 fully saturated rings. The molecule has 3 amide bonds. The molecule has 0 saturated carbocycles. The van der Waals surface area contributed by atoms with E-state index in [1.54, 1.807) is 19.0 Å². The lowest BCUT2D eigenvalue weighted by Crippen LogP contribution is -2.65. The van der Waals surface area contributed by atoms with Crippen molar-refractivity contribution in [2.75, 3.05) is 51.7 Å². The molecule has 2 unspecified atom stereocenters. The molecule has 162 valence electrons. The van der Waals surface area contributed by atoms with Crippen molar-refractivity contribution in [1.29, 1.82) is 0 Å². The molecule has 8 nitrogen and oxygen atoms in total. The van der Waals surface area contributed by atoms with Gasteiger partial charge in [-0.05, 0) is 24.5 Å². The third-order valence-electron chi connectivity index (χ3n) is 6.32. The zero-order chi connectivity index (χ0) is 21.4. The van der Waals surface area contributed by atoms with E-state index in [1.807, 2.05) is 6.07 Å². The number of para-hydroxylation sites is 1. The van der Waals surface area contributed by atoms with E-state index in [1.165, 1.54) is 10.6 Å². The maximum atomic E-state index is 13.0. The fourth-order valence-corrected chi connectivity index (χ4v) is 4.45. The molecule has 4 rings (SSSR count). The molecule has 0 N–H and O–H groups in total. The maximum Gasteiger partial charge on any atom is 0.328 e. The van der Waals surface area contributed by atoms with Crippen LogP contribution in [0.5, 0.6) is 0 Å². The van der Waals surface area contributed by atoms with Crippen molar-refractivity contribution in [2.45, 2.75) is 32.5 Å². The van der Waals surface area contributed by atoms with Crippen molar-refractivity contribution < 1.29 is 9.59 Å². The zero-order valence-electron chi connectivity index (χ0n) is 18.4. The maximum absolute atomic E-state index is 13.0. The number of piperazine rings is 1. The van der Waals surface area contributed by atoms with Crippen LogP contribution in [0.15, 0.2) is 35.3 Å². The lowest BCUT2D eigenvalue weighted by atomic mass is 10.1. The Bertz CT molecular complexity index is 818. The molecule has 3 aliphatic rings. The van der Waals surface area contributed by atoms with Gasteiger partial charge in [-0.15, -0.1) is 0 Å². The quantitative estimate of drug-likeness (QED) is 0.754. The number of carbonyl (C=O) groups is 2. The standard InChI is InChI=1S/C22H32N6O2/c1-16(2)10-11-28-18-19(24(3)22(30)25(4)20(18)29)23-21(28)27-14-12-26(13-15-27)17-8-6-5-7-9-17/h5-9,16,18-19H,10-15H2,1-4H3. The van der Waals surface area contributed by atoms with E-state index in [-0.39, 0.29) is 11.9 Å². The van der Waals surface area contributed by atoms with Crippen LogP contribution in [0.3, 0.4) is 0 Å². The Balaban J connectivity index is 1.54. The number of likely N-dealkylation sites (N-methyl/N-ethyl adjacent to an activating group) is 2. The Kier molecular flexibility index (Phi) is 5.58. The van der Waals surface area contributed by atoms with E-state index in [9.17, 15) is 9.59 Å². The molecule has 3 aliphatic heterocycles. The van der Waals surface area contributed by atoms with E-state index in [0.717, 1.165) is 45.1 Å². The minimum Gasteiger partial charge on any atom is -0.368 e. The number of hydrogen-bond donors (Lipinski definition) is 0. The first-order chi connectivity index (χ1) is 14.4. The van der Waals surface area contributed by atoms with Crippen LogP contribution in [0, 0.1) is 5.92 Å². The van der Waals surface area contributed by atoms with Crippen molar-refractivity contribution in [3.63, 3.8) is 0 Å². The molecule has 2 atom stereocenters. The summed E-state index contributed by atoms with van der Waals surface area (Å²) in [5, 5.41) is 0. The molecule has 2 saturated heterocycles. The highest BCUT2D eigenvalue weighted by Crippen LogP contribution is 2.29. The number of urea groups is 1. The van der Waals surface area contributed by atoms with Crippen molar-refractivity contribution in [1.82, 2.24) is 19.6 Å². The van der Waals surface area contributed by atoms with Crippen molar-refractivity contribution in [2.24, 2.45) is 10.9 Å². The summed E-state index contributed by atoms with van der Waals surface area (Å²) in [6.07, 6.45) is 0.524. The largest absolute Gasteiger partial charge is 0.368 e. The lowest BCUT2D eigenvalue weighted by molar-refractivity contribution is -0.136. The Hall–Kier alpha value is -2.77. The average molecular weight is 413 g/mol. The van der Waals surface area contributed by atoms with Gasteiger partial charge in [-0.3, -0.25) is 9.69 Å². The van der Waals surface area contributed by atoms with Gasteiger partial charge in [0.25, 0.3) is 5.91 Å². The minimum atomic E-state index is -0.449. The third kappa shape index (κ3) is 3.59. The highest BCUT2D eigenvalue weighted by molar-refractivity contribution is 6.03. The minimum absolute atomic E-state index is 0.159. The molecule has 8 heteroatoms. The highest BCUT2D eigenvalue weighted by Gasteiger charge is 2.51. The number of rotatable bonds is 4. The SMILES string of the molecule is CC(C)CCN1C(N2CCN(c3ccccc3)CC2)=NC2C1C(=O)N(C)C(=O)N2C. The number of fused-ring (bicyclic) bond motifs is 1. The van der Waals surface area contributed by atoms with Gasteiger partial charge in [-0.1, -0.05) is 32.0 Å². The predicted molar refractivity (Wildman–Crippen MR) is 117 cm³/mol. The summed E-state index contributed by atoms with van der Waals surface area (Å²) in [6, 6.07) is 9.73. The van der Waals surface area contributed by atoms with Gasteiger partial charge in [0.05, 0.1) is 0 Å². The predicted octanol–water partition coefficient (Wildman–Crippen LogP) is 1.74. The number of hydrogen-bond acceptors (Lipinski definition) is 6. The van der Waals surface area contributed by atoms with Crippen LogP contribution < -0.4 is 4.90 Å². The van der Waals surface area contributed by atoms with Crippen LogP contribution in [0.1, 0.15) is 20.3 Å². The Morgan fingerprint density at radius 2 is 1.63 bits per heavy atom. The molecule has 0 aliphatic carbocycles. The summed E-state index contributed by atoms with van der Waals surface area (Å²) in [5.74, 6) is 1.23. The van der Waals surface area contributed by atoms with Crippen LogP contribution in [0.4, 0.5) is 10.5 Å². The number of carbonyl (C=O) groups excluding carboxylic acids is 2. The molecule has 3 heterocycles. The average Bonchev–Trinajstić information content (AvgIpc) is 3.15. The summed E-state index contributed by atoms with van der Waals surface area (Å²) < 4.78 is 0.